The Morgan fingerprint density at radius 1 is 0.585 bits per heavy atom. The van der Waals surface area contributed by atoms with Crippen molar-refractivity contribution in [1.82, 2.24) is 14.7 Å². The molecule has 4 rings (SSSR count). The van der Waals surface area contributed by atoms with Crippen molar-refractivity contribution in [3.63, 3.8) is 0 Å². The number of aryl methyl sites for hydroxylation is 2. The fraction of sp³-hybridized carbons (Fsp3) is 0.500. The number of benzene rings is 3. The summed E-state index contributed by atoms with van der Waals surface area (Å²) in [5.41, 5.74) is 11.6. The van der Waals surface area contributed by atoms with Crippen LogP contribution in [0.25, 0.3) is 0 Å². The molecule has 0 aliphatic carbocycles. The molecule has 3 aromatic rings. The molecule has 1 aliphatic heterocycles. The summed E-state index contributed by atoms with van der Waals surface area (Å²) in [6.07, 6.45) is 2.47. The molecule has 0 bridgehead atoms. The molecule has 13 heteroatoms. The van der Waals surface area contributed by atoms with Crippen LogP contribution in [0.4, 0.5) is 0 Å². The Kier molecular flexibility index (Phi) is 14.8. The number of nitrogens with two attached hydrogens (primary N) is 2. The number of aliphatic hydroxyl groups excluding tert-OH is 4. The van der Waals surface area contributed by atoms with Crippen LogP contribution in [0.5, 0.6) is 11.5 Å². The van der Waals surface area contributed by atoms with E-state index in [1.54, 1.807) is 12.1 Å². The van der Waals surface area contributed by atoms with Crippen molar-refractivity contribution >= 4 is 11.8 Å². The minimum absolute atomic E-state index is 0.0969. The van der Waals surface area contributed by atoms with E-state index in [0.29, 0.717) is 50.4 Å². The molecule has 0 spiro atoms. The van der Waals surface area contributed by atoms with E-state index in [0.717, 1.165) is 50.0 Å². The molecule has 1 heterocycles. The number of aromatic hydroxyl groups is 2. The number of amides is 2. The first-order chi connectivity index (χ1) is 25.3. The lowest BCUT2D eigenvalue weighted by atomic mass is 9.79. The summed E-state index contributed by atoms with van der Waals surface area (Å²) < 4.78 is 0. The fourth-order valence-corrected chi connectivity index (χ4v) is 7.38. The van der Waals surface area contributed by atoms with E-state index < -0.39 is 49.1 Å². The summed E-state index contributed by atoms with van der Waals surface area (Å²) >= 11 is 0. The zero-order valence-electron chi connectivity index (χ0n) is 31.0. The fourth-order valence-electron chi connectivity index (χ4n) is 7.38. The molecular weight excluding hydrogens is 678 g/mol. The van der Waals surface area contributed by atoms with Crippen LogP contribution in [0, 0.1) is 13.8 Å². The summed E-state index contributed by atoms with van der Waals surface area (Å²) in [4.78, 5) is 31.8. The predicted molar refractivity (Wildman–Crippen MR) is 202 cm³/mol. The maximum atomic E-state index is 12.5. The third-order valence-corrected chi connectivity index (χ3v) is 10.6. The van der Waals surface area contributed by atoms with Gasteiger partial charge in [0.1, 0.15) is 22.3 Å². The van der Waals surface area contributed by atoms with Gasteiger partial charge in [0.2, 0.25) is 11.8 Å². The van der Waals surface area contributed by atoms with Crippen LogP contribution in [0.2, 0.25) is 0 Å². The van der Waals surface area contributed by atoms with E-state index >= 15 is 0 Å². The average Bonchev–Trinajstić information content (AvgIpc) is 3.12. The van der Waals surface area contributed by atoms with E-state index in [1.807, 2.05) is 44.2 Å². The molecule has 3 aromatic carbocycles. The van der Waals surface area contributed by atoms with Gasteiger partial charge in [0.15, 0.2) is 0 Å². The highest BCUT2D eigenvalue weighted by molar-refractivity contribution is 5.89. The lowest BCUT2D eigenvalue weighted by molar-refractivity contribution is -0.127. The van der Waals surface area contributed by atoms with Crippen LogP contribution >= 0.6 is 0 Å². The van der Waals surface area contributed by atoms with Crippen LogP contribution in [0.15, 0.2) is 54.6 Å². The Balaban J connectivity index is 1.64. The van der Waals surface area contributed by atoms with Crippen molar-refractivity contribution in [2.75, 3.05) is 65.7 Å². The van der Waals surface area contributed by atoms with Crippen LogP contribution in [0.3, 0.4) is 0 Å². The summed E-state index contributed by atoms with van der Waals surface area (Å²) in [5, 5.41) is 63.5. The Hall–Kier alpha value is -4.08. The first-order valence-electron chi connectivity index (χ1n) is 18.2. The highest BCUT2D eigenvalue weighted by Crippen LogP contribution is 2.37. The molecule has 1 aliphatic rings. The Labute approximate surface area is 312 Å². The van der Waals surface area contributed by atoms with Gasteiger partial charge in [-0.2, -0.15) is 0 Å². The van der Waals surface area contributed by atoms with E-state index in [1.165, 1.54) is 5.56 Å². The number of carbonyl (C=O) groups is 2. The Morgan fingerprint density at radius 2 is 0.925 bits per heavy atom. The number of hydrogen-bond donors (Lipinski definition) is 8. The maximum absolute atomic E-state index is 12.5. The van der Waals surface area contributed by atoms with Crippen molar-refractivity contribution in [2.24, 2.45) is 11.5 Å². The Morgan fingerprint density at radius 3 is 1.25 bits per heavy atom. The highest BCUT2D eigenvalue weighted by atomic mass is 16.3. The molecule has 0 radical (unpaired) electrons. The standard InChI is InChI=1S/C40H57N5O8/c1-28-17-31(35(50)33(19-28)39(24-46,25-47)37(41)52)22-44-13-6-11-43(21-30-9-4-3-5-10-30)12-7-14-45(16-8-15-44)23-32-18-29(2)20-34(36(32)51)40(26-48,27-49)38(42)53/h3-5,9-10,17-20,46-51H,6-8,11-16,21-27H2,1-2H3,(H2,41,52)(H2,42,53). The van der Waals surface area contributed by atoms with E-state index in [4.69, 9.17) is 11.5 Å². The molecular formula is C40H57N5O8. The molecule has 13 nitrogen and oxygen atoms in total. The van der Waals surface area contributed by atoms with Crippen LogP contribution in [-0.2, 0) is 40.1 Å². The molecule has 290 valence electrons. The van der Waals surface area contributed by atoms with E-state index in [2.05, 4.69) is 26.8 Å². The van der Waals surface area contributed by atoms with Gasteiger partial charge in [-0.05, 0) is 77.9 Å². The van der Waals surface area contributed by atoms with Gasteiger partial charge in [-0.3, -0.25) is 24.3 Å². The predicted octanol–water partition coefficient (Wildman–Crippen LogP) is 1.12. The molecule has 1 fully saturated rings. The van der Waals surface area contributed by atoms with E-state index in [-0.39, 0.29) is 22.6 Å². The van der Waals surface area contributed by atoms with Crippen LogP contribution in [-0.4, -0.2) is 123 Å². The zero-order chi connectivity index (χ0) is 38.8. The molecule has 0 saturated carbocycles. The molecule has 0 unspecified atom stereocenters. The number of nitrogens with zero attached hydrogens (tertiary/aromatic N) is 3. The number of primary amides is 2. The van der Waals surface area contributed by atoms with Crippen molar-refractivity contribution in [3.05, 3.63) is 93.5 Å². The first kappa shape index (κ1) is 41.7. The summed E-state index contributed by atoms with van der Waals surface area (Å²) in [6.45, 7) is 6.51. The van der Waals surface area contributed by atoms with Gasteiger partial charge < -0.3 is 42.1 Å². The van der Waals surface area contributed by atoms with Crippen molar-refractivity contribution < 1.29 is 40.2 Å². The van der Waals surface area contributed by atoms with E-state index in [9.17, 15) is 40.2 Å². The van der Waals surface area contributed by atoms with Crippen LogP contribution in [0.1, 0.15) is 58.2 Å². The monoisotopic (exact) mass is 735 g/mol. The van der Waals surface area contributed by atoms with Crippen molar-refractivity contribution in [3.8, 4) is 11.5 Å². The average molecular weight is 736 g/mol. The number of hydrogen-bond acceptors (Lipinski definition) is 11. The number of rotatable bonds is 14. The maximum Gasteiger partial charge on any atom is 0.232 e. The third kappa shape index (κ3) is 9.73. The smallest absolute Gasteiger partial charge is 0.232 e. The van der Waals surface area contributed by atoms with Gasteiger partial charge in [0.05, 0.1) is 26.4 Å². The minimum atomic E-state index is -1.84. The van der Waals surface area contributed by atoms with Gasteiger partial charge in [-0.1, -0.05) is 65.7 Å². The lowest BCUT2D eigenvalue weighted by Gasteiger charge is -2.32. The van der Waals surface area contributed by atoms with Crippen molar-refractivity contribution in [2.45, 2.75) is 63.6 Å². The largest absolute Gasteiger partial charge is 0.507 e. The normalized spacial score (nSPS) is 16.2. The first-order valence-corrected chi connectivity index (χ1v) is 18.2. The number of phenols is 2. The topological polar surface area (TPSA) is 217 Å². The Bertz CT molecular complexity index is 1580. The highest BCUT2D eigenvalue weighted by Gasteiger charge is 2.42. The lowest BCUT2D eigenvalue weighted by Crippen LogP contribution is -2.47. The second-order valence-electron chi connectivity index (χ2n) is 14.5. The third-order valence-electron chi connectivity index (χ3n) is 10.6. The van der Waals surface area contributed by atoms with Crippen LogP contribution < -0.4 is 11.5 Å². The second kappa shape index (κ2) is 18.8. The quantitative estimate of drug-likeness (QED) is 0.117. The summed E-state index contributed by atoms with van der Waals surface area (Å²) in [5.74, 6) is -2.22. The van der Waals surface area contributed by atoms with Gasteiger partial charge in [0, 0.05) is 41.9 Å². The van der Waals surface area contributed by atoms with Gasteiger partial charge in [-0.25, -0.2) is 0 Å². The SMILES string of the molecule is Cc1cc(CN2CCCN(Cc3ccccc3)CCCN(Cc3cc(C)cc(C(CO)(CO)C(N)=O)c3O)CCC2)c(O)c(C(CO)(CO)C(N)=O)c1. The number of phenolic OH excluding ortho intramolecular Hbond substituents is 2. The number of aliphatic hydroxyl groups is 4. The minimum Gasteiger partial charge on any atom is -0.507 e. The molecule has 53 heavy (non-hydrogen) atoms. The van der Waals surface area contributed by atoms with Crippen molar-refractivity contribution in [1.29, 1.82) is 0 Å². The van der Waals surface area contributed by atoms with Gasteiger partial charge in [-0.15, -0.1) is 0 Å². The zero-order valence-corrected chi connectivity index (χ0v) is 31.0. The van der Waals surface area contributed by atoms with Gasteiger partial charge in [0.25, 0.3) is 0 Å². The molecule has 2 amide bonds. The second-order valence-corrected chi connectivity index (χ2v) is 14.5. The molecule has 1 saturated heterocycles. The summed E-state index contributed by atoms with van der Waals surface area (Å²) in [7, 11) is 0. The number of carbonyl (C=O) groups excluding carboxylic acids is 2. The molecule has 0 atom stereocenters. The molecule has 0 aromatic heterocycles. The van der Waals surface area contributed by atoms with Gasteiger partial charge >= 0.3 is 0 Å². The summed E-state index contributed by atoms with van der Waals surface area (Å²) in [6, 6.07) is 17.1. The molecule has 10 N–H and O–H groups in total.